The summed E-state index contributed by atoms with van der Waals surface area (Å²) in [4.78, 5) is 14.6. The third kappa shape index (κ3) is 5.10. The molecule has 1 unspecified atom stereocenters. The molecule has 0 saturated carbocycles. The zero-order valence-electron chi connectivity index (χ0n) is 14.8. The molecule has 1 aliphatic rings. The zero-order chi connectivity index (χ0) is 17.5. The Morgan fingerprint density at radius 1 is 1.12 bits per heavy atom. The van der Waals surface area contributed by atoms with E-state index in [-0.39, 0.29) is 12.1 Å². The average molecular weight is 341 g/mol. The first-order chi connectivity index (χ1) is 12.2. The molecule has 1 aromatic carbocycles. The fourth-order valence-corrected chi connectivity index (χ4v) is 3.26. The van der Waals surface area contributed by atoms with E-state index in [0.29, 0.717) is 13.1 Å². The van der Waals surface area contributed by atoms with Gasteiger partial charge in [0.15, 0.2) is 0 Å². The predicted molar refractivity (Wildman–Crippen MR) is 98.3 cm³/mol. The van der Waals surface area contributed by atoms with E-state index >= 15 is 0 Å². The van der Waals surface area contributed by atoms with Crippen molar-refractivity contribution in [3.63, 3.8) is 0 Å². The Balaban J connectivity index is 1.51. The van der Waals surface area contributed by atoms with E-state index in [9.17, 15) is 4.79 Å². The van der Waals surface area contributed by atoms with Crippen molar-refractivity contribution < 1.29 is 9.21 Å². The summed E-state index contributed by atoms with van der Waals surface area (Å²) < 4.78 is 5.61. The number of rotatable bonds is 6. The van der Waals surface area contributed by atoms with Crippen LogP contribution >= 0.6 is 0 Å². The summed E-state index contributed by atoms with van der Waals surface area (Å²) in [7, 11) is 0. The molecule has 5 heteroatoms. The number of likely N-dealkylation sites (tertiary alicyclic amines) is 1. The molecule has 2 aromatic rings. The van der Waals surface area contributed by atoms with Gasteiger partial charge in [-0.3, -0.25) is 4.90 Å². The molecule has 0 bridgehead atoms. The van der Waals surface area contributed by atoms with Crippen molar-refractivity contribution >= 4 is 6.03 Å². The van der Waals surface area contributed by atoms with Gasteiger partial charge in [0.05, 0.1) is 12.3 Å². The second-order valence-corrected chi connectivity index (χ2v) is 6.68. The van der Waals surface area contributed by atoms with E-state index in [1.807, 2.05) is 24.3 Å². The largest absolute Gasteiger partial charge is 0.468 e. The van der Waals surface area contributed by atoms with Crippen LogP contribution in [0.15, 0.2) is 47.1 Å². The van der Waals surface area contributed by atoms with Gasteiger partial charge in [0.1, 0.15) is 5.76 Å². The summed E-state index contributed by atoms with van der Waals surface area (Å²) in [6.45, 7) is 5.24. The van der Waals surface area contributed by atoms with Gasteiger partial charge in [0.2, 0.25) is 0 Å². The molecule has 2 heterocycles. The average Bonchev–Trinajstić information content (AvgIpc) is 3.17. The number of carbonyl (C=O) groups is 1. The normalized spacial score (nSPS) is 16.4. The summed E-state index contributed by atoms with van der Waals surface area (Å²) >= 11 is 0. The Morgan fingerprint density at radius 2 is 1.88 bits per heavy atom. The van der Waals surface area contributed by atoms with E-state index < -0.39 is 0 Å². The lowest BCUT2D eigenvalue weighted by Crippen LogP contribution is -2.43. The molecule has 25 heavy (non-hydrogen) atoms. The number of benzene rings is 1. The highest BCUT2D eigenvalue weighted by atomic mass is 16.3. The topological polar surface area (TPSA) is 57.5 Å². The summed E-state index contributed by atoms with van der Waals surface area (Å²) in [5.41, 5.74) is 2.32. The molecule has 1 aromatic heterocycles. The van der Waals surface area contributed by atoms with E-state index in [2.05, 4.69) is 34.6 Å². The van der Waals surface area contributed by atoms with Crippen molar-refractivity contribution in [2.45, 2.75) is 38.8 Å². The molecule has 134 valence electrons. The number of nitrogens with one attached hydrogen (secondary N) is 2. The molecule has 1 saturated heterocycles. The van der Waals surface area contributed by atoms with Crippen molar-refractivity contribution in [3.8, 4) is 0 Å². The summed E-state index contributed by atoms with van der Waals surface area (Å²) in [5, 5.41) is 5.92. The van der Waals surface area contributed by atoms with Crippen LogP contribution in [-0.2, 0) is 6.54 Å². The third-order valence-electron chi connectivity index (χ3n) is 4.73. The van der Waals surface area contributed by atoms with Gasteiger partial charge >= 0.3 is 6.03 Å². The zero-order valence-corrected chi connectivity index (χ0v) is 14.8. The minimum Gasteiger partial charge on any atom is -0.468 e. The SMILES string of the molecule is Cc1ccc(CNC(=O)NCC(c2ccco2)N2CCCCC2)cc1. The lowest BCUT2D eigenvalue weighted by molar-refractivity contribution is 0.143. The number of carbonyl (C=O) groups excluding carboxylic acids is 1. The monoisotopic (exact) mass is 341 g/mol. The number of hydrogen-bond acceptors (Lipinski definition) is 3. The number of urea groups is 1. The van der Waals surface area contributed by atoms with Crippen LogP contribution in [-0.4, -0.2) is 30.6 Å². The highest BCUT2D eigenvalue weighted by Crippen LogP contribution is 2.24. The standard InChI is InChI=1S/C20H27N3O2/c1-16-7-9-17(10-8-16)14-21-20(24)22-15-18(19-6-5-13-25-19)23-11-3-2-4-12-23/h5-10,13,18H,2-4,11-12,14-15H2,1H3,(H2,21,22,24). The molecule has 1 aliphatic heterocycles. The first kappa shape index (κ1) is 17.5. The predicted octanol–water partition coefficient (Wildman–Crippen LogP) is 3.61. The number of hydrogen-bond donors (Lipinski definition) is 2. The van der Waals surface area contributed by atoms with E-state index in [1.54, 1.807) is 6.26 Å². The van der Waals surface area contributed by atoms with E-state index in [1.165, 1.54) is 24.8 Å². The number of amides is 2. The maximum Gasteiger partial charge on any atom is 0.315 e. The van der Waals surface area contributed by atoms with E-state index in [0.717, 1.165) is 24.4 Å². The Hall–Kier alpha value is -2.27. The van der Waals surface area contributed by atoms with Gasteiger partial charge in [0.25, 0.3) is 0 Å². The molecule has 0 radical (unpaired) electrons. The van der Waals surface area contributed by atoms with Gasteiger partial charge in [-0.05, 0) is 50.6 Å². The van der Waals surface area contributed by atoms with Crippen LogP contribution < -0.4 is 10.6 Å². The van der Waals surface area contributed by atoms with Gasteiger partial charge in [-0.15, -0.1) is 0 Å². The molecule has 3 rings (SSSR count). The van der Waals surface area contributed by atoms with Gasteiger partial charge in [-0.25, -0.2) is 4.79 Å². The first-order valence-electron chi connectivity index (χ1n) is 9.07. The molecule has 1 atom stereocenters. The molecular weight excluding hydrogens is 314 g/mol. The second kappa shape index (κ2) is 8.72. The van der Waals surface area contributed by atoms with Crippen LogP contribution in [0.25, 0.3) is 0 Å². The molecule has 5 nitrogen and oxygen atoms in total. The first-order valence-corrected chi connectivity index (χ1v) is 9.07. The fraction of sp³-hybridized carbons (Fsp3) is 0.450. The molecular formula is C20H27N3O2. The van der Waals surface area contributed by atoms with Crippen LogP contribution in [0.1, 0.15) is 42.2 Å². The summed E-state index contributed by atoms with van der Waals surface area (Å²) in [5.74, 6) is 0.917. The van der Waals surface area contributed by atoms with Crippen molar-refractivity contribution in [2.24, 2.45) is 0 Å². The molecule has 1 fully saturated rings. The van der Waals surface area contributed by atoms with Crippen LogP contribution in [0.4, 0.5) is 4.79 Å². The number of nitrogens with zero attached hydrogens (tertiary/aromatic N) is 1. The van der Waals surface area contributed by atoms with Crippen molar-refractivity contribution in [1.82, 2.24) is 15.5 Å². The number of piperidine rings is 1. The maximum absolute atomic E-state index is 12.2. The van der Waals surface area contributed by atoms with Crippen LogP contribution in [0, 0.1) is 6.92 Å². The Kier molecular flexibility index (Phi) is 6.12. The smallest absolute Gasteiger partial charge is 0.315 e. The van der Waals surface area contributed by atoms with Crippen LogP contribution in [0.2, 0.25) is 0 Å². The van der Waals surface area contributed by atoms with Crippen LogP contribution in [0.3, 0.4) is 0 Å². The molecule has 2 N–H and O–H groups in total. The quantitative estimate of drug-likeness (QED) is 0.844. The van der Waals surface area contributed by atoms with Gasteiger partial charge in [0, 0.05) is 13.1 Å². The Morgan fingerprint density at radius 3 is 2.56 bits per heavy atom. The second-order valence-electron chi connectivity index (χ2n) is 6.68. The minimum atomic E-state index is -0.144. The Labute approximate surface area is 149 Å². The lowest BCUT2D eigenvalue weighted by atomic mass is 10.1. The summed E-state index contributed by atoms with van der Waals surface area (Å²) in [6, 6.07) is 12.0. The van der Waals surface area contributed by atoms with Crippen molar-refractivity contribution in [3.05, 3.63) is 59.5 Å². The third-order valence-corrected chi connectivity index (χ3v) is 4.73. The molecule has 0 aliphatic carbocycles. The van der Waals surface area contributed by atoms with E-state index in [4.69, 9.17) is 4.42 Å². The van der Waals surface area contributed by atoms with Crippen molar-refractivity contribution in [1.29, 1.82) is 0 Å². The molecule has 0 spiro atoms. The van der Waals surface area contributed by atoms with Gasteiger partial charge in [-0.1, -0.05) is 36.2 Å². The minimum absolute atomic E-state index is 0.0976. The van der Waals surface area contributed by atoms with Crippen LogP contribution in [0.5, 0.6) is 0 Å². The highest BCUT2D eigenvalue weighted by molar-refractivity contribution is 5.73. The highest BCUT2D eigenvalue weighted by Gasteiger charge is 2.24. The fourth-order valence-electron chi connectivity index (χ4n) is 3.26. The Bertz CT molecular complexity index is 646. The van der Waals surface area contributed by atoms with Gasteiger partial charge < -0.3 is 15.1 Å². The lowest BCUT2D eigenvalue weighted by Gasteiger charge is -2.33. The molecule has 2 amide bonds. The van der Waals surface area contributed by atoms with Crippen molar-refractivity contribution in [2.75, 3.05) is 19.6 Å². The van der Waals surface area contributed by atoms with Gasteiger partial charge in [-0.2, -0.15) is 0 Å². The number of furan rings is 1. The maximum atomic E-state index is 12.2. The number of aryl methyl sites for hydroxylation is 1. The summed E-state index contributed by atoms with van der Waals surface area (Å²) in [6.07, 6.45) is 5.39.